The summed E-state index contributed by atoms with van der Waals surface area (Å²) in [5.41, 5.74) is 7.37. The molecule has 6 heteroatoms. The molecule has 0 bridgehead atoms. The fourth-order valence-corrected chi connectivity index (χ4v) is 1.36. The van der Waals surface area contributed by atoms with Crippen LogP contribution in [0.3, 0.4) is 0 Å². The number of hydrogen-bond acceptors (Lipinski definition) is 4. The van der Waals surface area contributed by atoms with Crippen LogP contribution in [0, 0.1) is 0 Å². The van der Waals surface area contributed by atoms with E-state index in [9.17, 15) is 0 Å². The molecule has 2 rings (SSSR count). The summed E-state index contributed by atoms with van der Waals surface area (Å²) >= 11 is 0. The molecule has 2 aromatic rings. The quantitative estimate of drug-likeness (QED) is 0.764. The molecule has 6 nitrogen and oxygen atoms in total. The van der Waals surface area contributed by atoms with Crippen molar-refractivity contribution in [2.45, 2.75) is 26.6 Å². The Hall–Kier alpha value is -1.69. The second-order valence-corrected chi connectivity index (χ2v) is 3.32. The van der Waals surface area contributed by atoms with Gasteiger partial charge < -0.3 is 5.73 Å². The first-order valence-electron chi connectivity index (χ1n) is 4.92. The van der Waals surface area contributed by atoms with Gasteiger partial charge in [-0.2, -0.15) is 5.10 Å². The second kappa shape index (κ2) is 4.22. The molecule has 0 amide bonds. The van der Waals surface area contributed by atoms with Crippen LogP contribution < -0.4 is 5.73 Å². The molecule has 0 radical (unpaired) electrons. The van der Waals surface area contributed by atoms with Crippen LogP contribution in [0.15, 0.2) is 18.6 Å². The largest absolute Gasteiger partial charge is 0.325 e. The van der Waals surface area contributed by atoms with Gasteiger partial charge in [-0.05, 0) is 6.92 Å². The van der Waals surface area contributed by atoms with Gasteiger partial charge in [0.05, 0.1) is 24.6 Å². The van der Waals surface area contributed by atoms with Crippen molar-refractivity contribution in [3.63, 3.8) is 0 Å². The average Bonchev–Trinajstić information content (AvgIpc) is 2.87. The normalized spacial score (nSPS) is 10.8. The molecular formula is C9H14N6. The predicted molar refractivity (Wildman–Crippen MR) is 54.9 cm³/mol. The smallest absolute Gasteiger partial charge is 0.0962 e. The molecule has 0 fully saturated rings. The summed E-state index contributed by atoms with van der Waals surface area (Å²) in [5, 5.41) is 12.1. The first-order valence-corrected chi connectivity index (χ1v) is 4.92. The van der Waals surface area contributed by atoms with Gasteiger partial charge in [-0.3, -0.25) is 4.68 Å². The Morgan fingerprint density at radius 1 is 1.33 bits per heavy atom. The maximum absolute atomic E-state index is 5.45. The maximum Gasteiger partial charge on any atom is 0.0962 e. The van der Waals surface area contributed by atoms with E-state index in [0.29, 0.717) is 13.1 Å². The Morgan fingerprint density at radius 3 is 2.80 bits per heavy atom. The number of nitrogens with zero attached hydrogens (tertiary/aromatic N) is 5. The van der Waals surface area contributed by atoms with Crippen molar-refractivity contribution >= 4 is 0 Å². The number of aryl methyl sites for hydroxylation is 1. The summed E-state index contributed by atoms with van der Waals surface area (Å²) in [6.45, 7) is 4.05. The van der Waals surface area contributed by atoms with Crippen LogP contribution in [-0.2, 0) is 19.6 Å². The second-order valence-electron chi connectivity index (χ2n) is 3.32. The van der Waals surface area contributed by atoms with Crippen LogP contribution in [0.5, 0.6) is 0 Å². The van der Waals surface area contributed by atoms with Crippen LogP contribution in [0.25, 0.3) is 0 Å². The van der Waals surface area contributed by atoms with E-state index in [0.717, 1.165) is 17.8 Å². The van der Waals surface area contributed by atoms with Crippen LogP contribution in [0.4, 0.5) is 0 Å². The molecular weight excluding hydrogens is 192 g/mol. The maximum atomic E-state index is 5.45. The van der Waals surface area contributed by atoms with Gasteiger partial charge in [0.2, 0.25) is 0 Å². The monoisotopic (exact) mass is 206 g/mol. The number of rotatable bonds is 4. The molecule has 2 aromatic heterocycles. The molecule has 2 N–H and O–H groups in total. The lowest BCUT2D eigenvalue weighted by molar-refractivity contribution is 0.642. The molecule has 2 heterocycles. The summed E-state index contributed by atoms with van der Waals surface area (Å²) < 4.78 is 3.65. The van der Waals surface area contributed by atoms with Crippen LogP contribution >= 0.6 is 0 Å². The molecule has 0 aromatic carbocycles. The molecule has 15 heavy (non-hydrogen) atoms. The minimum absolute atomic E-state index is 0.425. The summed E-state index contributed by atoms with van der Waals surface area (Å²) in [5.74, 6) is 0. The highest BCUT2D eigenvalue weighted by atomic mass is 15.4. The van der Waals surface area contributed by atoms with E-state index in [1.54, 1.807) is 4.68 Å². The Balaban J connectivity index is 2.07. The zero-order valence-corrected chi connectivity index (χ0v) is 8.67. The summed E-state index contributed by atoms with van der Waals surface area (Å²) in [4.78, 5) is 0. The summed E-state index contributed by atoms with van der Waals surface area (Å²) in [7, 11) is 0. The SMILES string of the molecule is CCn1cc(Cn2cc(CN)nn2)cn1. The molecule has 0 unspecified atom stereocenters. The van der Waals surface area contributed by atoms with Crippen LogP contribution in [0.2, 0.25) is 0 Å². The first-order chi connectivity index (χ1) is 7.31. The number of nitrogens with two attached hydrogens (primary N) is 1. The van der Waals surface area contributed by atoms with E-state index in [-0.39, 0.29) is 0 Å². The minimum atomic E-state index is 0.425. The standard InChI is InChI=1S/C9H14N6/c1-2-14-5-8(4-11-14)6-15-7-9(3-10)12-13-15/h4-5,7H,2-3,6,10H2,1H3. The van der Waals surface area contributed by atoms with Gasteiger partial charge in [-0.15, -0.1) is 5.10 Å². The zero-order valence-electron chi connectivity index (χ0n) is 8.67. The molecule has 80 valence electrons. The van der Waals surface area contributed by atoms with E-state index in [2.05, 4.69) is 22.3 Å². The van der Waals surface area contributed by atoms with E-state index < -0.39 is 0 Å². The van der Waals surface area contributed by atoms with Crippen molar-refractivity contribution in [1.82, 2.24) is 24.8 Å². The van der Waals surface area contributed by atoms with Crippen molar-refractivity contribution in [2.75, 3.05) is 0 Å². The van der Waals surface area contributed by atoms with Crippen molar-refractivity contribution in [2.24, 2.45) is 5.73 Å². The van der Waals surface area contributed by atoms with Gasteiger partial charge in [0.1, 0.15) is 0 Å². The Labute approximate surface area is 87.7 Å². The van der Waals surface area contributed by atoms with Gasteiger partial charge in [0.25, 0.3) is 0 Å². The molecule has 0 aliphatic rings. The van der Waals surface area contributed by atoms with Gasteiger partial charge >= 0.3 is 0 Å². The van der Waals surface area contributed by atoms with Crippen LogP contribution in [0.1, 0.15) is 18.2 Å². The highest BCUT2D eigenvalue weighted by Gasteiger charge is 2.01. The Bertz CT molecular complexity index is 389. The highest BCUT2D eigenvalue weighted by Crippen LogP contribution is 2.01. The molecule has 0 saturated carbocycles. The van der Waals surface area contributed by atoms with Crippen LogP contribution in [-0.4, -0.2) is 24.8 Å². The Kier molecular flexibility index (Phi) is 2.77. The van der Waals surface area contributed by atoms with Crippen molar-refractivity contribution < 1.29 is 0 Å². The molecule has 0 aliphatic carbocycles. The molecule has 0 spiro atoms. The molecule has 0 saturated heterocycles. The zero-order chi connectivity index (χ0) is 10.7. The van der Waals surface area contributed by atoms with Gasteiger partial charge in [-0.1, -0.05) is 5.21 Å². The van der Waals surface area contributed by atoms with E-state index in [1.807, 2.05) is 23.3 Å². The fourth-order valence-electron chi connectivity index (χ4n) is 1.36. The third-order valence-electron chi connectivity index (χ3n) is 2.15. The van der Waals surface area contributed by atoms with Crippen molar-refractivity contribution in [1.29, 1.82) is 0 Å². The Morgan fingerprint density at radius 2 is 2.20 bits per heavy atom. The lowest BCUT2D eigenvalue weighted by Gasteiger charge is -1.95. The molecule has 0 atom stereocenters. The predicted octanol–water partition coefficient (Wildman–Crippen LogP) is 0.00150. The third kappa shape index (κ3) is 2.21. The molecule has 0 aliphatic heterocycles. The van der Waals surface area contributed by atoms with E-state index >= 15 is 0 Å². The minimum Gasteiger partial charge on any atom is -0.325 e. The van der Waals surface area contributed by atoms with E-state index in [1.165, 1.54) is 0 Å². The van der Waals surface area contributed by atoms with Gasteiger partial charge in [0, 0.05) is 24.8 Å². The first kappa shape index (κ1) is 9.85. The van der Waals surface area contributed by atoms with Gasteiger partial charge in [-0.25, -0.2) is 4.68 Å². The number of hydrogen-bond donors (Lipinski definition) is 1. The van der Waals surface area contributed by atoms with Crippen molar-refractivity contribution in [3.05, 3.63) is 29.8 Å². The lowest BCUT2D eigenvalue weighted by atomic mass is 10.3. The average molecular weight is 206 g/mol. The van der Waals surface area contributed by atoms with E-state index in [4.69, 9.17) is 5.73 Å². The summed E-state index contributed by atoms with van der Waals surface area (Å²) in [6, 6.07) is 0. The van der Waals surface area contributed by atoms with Crippen molar-refractivity contribution in [3.8, 4) is 0 Å². The summed E-state index contributed by atoms with van der Waals surface area (Å²) in [6.07, 6.45) is 5.69. The van der Waals surface area contributed by atoms with Gasteiger partial charge in [0.15, 0.2) is 0 Å². The topological polar surface area (TPSA) is 74.5 Å². The highest BCUT2D eigenvalue weighted by molar-refractivity contribution is 5.04. The third-order valence-corrected chi connectivity index (χ3v) is 2.15. The fraction of sp³-hybridized carbons (Fsp3) is 0.444. The lowest BCUT2D eigenvalue weighted by Crippen LogP contribution is -1.99. The number of aromatic nitrogens is 5.